The number of rotatable bonds is 9. The van der Waals surface area contributed by atoms with Crippen LogP contribution in [-0.4, -0.2) is 63.2 Å². The van der Waals surface area contributed by atoms with Crippen LogP contribution in [0, 0.1) is 5.92 Å². The number of hydrogen-bond acceptors (Lipinski definition) is 3. The van der Waals surface area contributed by atoms with Gasteiger partial charge >= 0.3 is 0 Å². The van der Waals surface area contributed by atoms with Crippen molar-refractivity contribution in [2.45, 2.75) is 32.6 Å². The van der Waals surface area contributed by atoms with Crippen molar-refractivity contribution in [2.75, 3.05) is 46.4 Å². The van der Waals surface area contributed by atoms with Crippen LogP contribution >= 0.6 is 0 Å². The van der Waals surface area contributed by atoms with Gasteiger partial charge in [0.2, 0.25) is 0 Å². The maximum atomic E-state index is 12.0. The molecule has 0 radical (unpaired) electrons. The van der Waals surface area contributed by atoms with Crippen LogP contribution in [0.5, 0.6) is 0 Å². The van der Waals surface area contributed by atoms with Gasteiger partial charge in [-0.2, -0.15) is 0 Å². The summed E-state index contributed by atoms with van der Waals surface area (Å²) in [6.07, 6.45) is 4.34. The van der Waals surface area contributed by atoms with Crippen molar-refractivity contribution in [3.63, 3.8) is 0 Å². The van der Waals surface area contributed by atoms with Gasteiger partial charge in [0.15, 0.2) is 5.96 Å². The molecular weight excluding hydrogens is 340 g/mol. The van der Waals surface area contributed by atoms with Crippen LogP contribution in [0.2, 0.25) is 0 Å². The first-order valence-electron chi connectivity index (χ1n) is 10.1. The largest absolute Gasteiger partial charge is 0.381 e. The zero-order valence-electron chi connectivity index (χ0n) is 16.7. The molecule has 27 heavy (non-hydrogen) atoms. The predicted octanol–water partition coefficient (Wildman–Crippen LogP) is 2.52. The van der Waals surface area contributed by atoms with Crippen LogP contribution in [0.3, 0.4) is 0 Å². The van der Waals surface area contributed by atoms with E-state index in [0.29, 0.717) is 18.7 Å². The predicted molar refractivity (Wildman–Crippen MR) is 110 cm³/mol. The Bertz CT molecular complexity index is 571. The Kier molecular flexibility index (Phi) is 9.69. The van der Waals surface area contributed by atoms with Gasteiger partial charge in [0.05, 0.1) is 0 Å². The summed E-state index contributed by atoms with van der Waals surface area (Å²) < 4.78 is 5.43. The number of nitrogens with zero attached hydrogens (tertiary/aromatic N) is 2. The quantitative estimate of drug-likeness (QED) is 0.396. The summed E-state index contributed by atoms with van der Waals surface area (Å²) in [5.74, 6) is 1.68. The van der Waals surface area contributed by atoms with Gasteiger partial charge in [0.1, 0.15) is 0 Å². The molecular formula is C21H34N4O2. The molecule has 0 bridgehead atoms. The smallest absolute Gasteiger partial charge is 0.251 e. The third-order valence-corrected chi connectivity index (χ3v) is 4.83. The normalized spacial score (nSPS) is 15.4. The molecule has 0 unspecified atom stereocenters. The van der Waals surface area contributed by atoms with Gasteiger partial charge < -0.3 is 20.3 Å². The van der Waals surface area contributed by atoms with E-state index < -0.39 is 0 Å². The van der Waals surface area contributed by atoms with Crippen LogP contribution in [0.15, 0.2) is 35.3 Å². The Labute approximate surface area is 163 Å². The first kappa shape index (κ1) is 21.2. The Balaban J connectivity index is 1.69. The van der Waals surface area contributed by atoms with Crippen LogP contribution in [0.4, 0.5) is 0 Å². The number of carbonyl (C=O) groups is 1. The minimum absolute atomic E-state index is 0.0277. The molecule has 1 saturated heterocycles. The number of amides is 1. The van der Waals surface area contributed by atoms with E-state index in [9.17, 15) is 4.79 Å². The van der Waals surface area contributed by atoms with Crippen LogP contribution in [0.1, 0.15) is 43.0 Å². The molecule has 1 fully saturated rings. The Morgan fingerprint density at radius 3 is 2.67 bits per heavy atom. The zero-order chi connectivity index (χ0) is 19.3. The van der Waals surface area contributed by atoms with Gasteiger partial charge in [-0.1, -0.05) is 18.2 Å². The van der Waals surface area contributed by atoms with Crippen molar-refractivity contribution in [3.05, 3.63) is 35.9 Å². The highest BCUT2D eigenvalue weighted by Gasteiger charge is 2.15. The molecule has 2 N–H and O–H groups in total. The van der Waals surface area contributed by atoms with Crippen LogP contribution < -0.4 is 10.6 Å². The molecule has 0 atom stereocenters. The molecule has 0 aromatic heterocycles. The van der Waals surface area contributed by atoms with E-state index in [2.05, 4.69) is 29.5 Å². The second kappa shape index (κ2) is 12.3. The highest BCUT2D eigenvalue weighted by atomic mass is 16.5. The lowest BCUT2D eigenvalue weighted by Gasteiger charge is -2.26. The second-order valence-electron chi connectivity index (χ2n) is 6.98. The molecule has 0 spiro atoms. The third-order valence-electron chi connectivity index (χ3n) is 4.83. The summed E-state index contributed by atoms with van der Waals surface area (Å²) in [6, 6.07) is 9.30. The van der Waals surface area contributed by atoms with E-state index in [0.717, 1.165) is 44.6 Å². The second-order valence-corrected chi connectivity index (χ2v) is 6.98. The Morgan fingerprint density at radius 1 is 1.22 bits per heavy atom. The van der Waals surface area contributed by atoms with Crippen molar-refractivity contribution in [1.29, 1.82) is 0 Å². The number of carbonyl (C=O) groups excluding carboxylic acids is 1. The summed E-state index contributed by atoms with van der Waals surface area (Å²) in [5, 5.41) is 6.31. The average molecular weight is 375 g/mol. The minimum atomic E-state index is -0.0277. The van der Waals surface area contributed by atoms with Crippen LogP contribution in [-0.2, 0) is 4.74 Å². The summed E-state index contributed by atoms with van der Waals surface area (Å²) in [4.78, 5) is 18.9. The fourth-order valence-electron chi connectivity index (χ4n) is 3.14. The first-order chi connectivity index (χ1) is 13.2. The monoisotopic (exact) mass is 374 g/mol. The van der Waals surface area contributed by atoms with E-state index in [1.54, 1.807) is 0 Å². The summed E-state index contributed by atoms with van der Waals surface area (Å²) in [6.45, 7) is 7.06. The molecule has 6 nitrogen and oxygen atoms in total. The molecule has 1 aliphatic heterocycles. The fraction of sp³-hybridized carbons (Fsp3) is 0.619. The number of benzene rings is 1. The summed E-state index contributed by atoms with van der Waals surface area (Å²) >= 11 is 0. The van der Waals surface area contributed by atoms with Gasteiger partial charge in [-0.25, -0.2) is 0 Å². The fourth-order valence-corrected chi connectivity index (χ4v) is 3.14. The minimum Gasteiger partial charge on any atom is -0.381 e. The molecule has 1 aromatic rings. The first-order valence-corrected chi connectivity index (χ1v) is 10.1. The number of guanidine groups is 1. The number of hydrogen-bond donors (Lipinski definition) is 2. The van der Waals surface area contributed by atoms with Gasteiger partial charge in [0, 0.05) is 52.0 Å². The maximum Gasteiger partial charge on any atom is 0.251 e. The average Bonchev–Trinajstić information content (AvgIpc) is 2.72. The maximum absolute atomic E-state index is 12.0. The van der Waals surface area contributed by atoms with E-state index in [4.69, 9.17) is 9.73 Å². The van der Waals surface area contributed by atoms with E-state index in [1.165, 1.54) is 19.3 Å². The van der Waals surface area contributed by atoms with E-state index in [1.807, 2.05) is 30.3 Å². The van der Waals surface area contributed by atoms with Crippen molar-refractivity contribution in [1.82, 2.24) is 15.5 Å². The molecule has 1 amide bonds. The van der Waals surface area contributed by atoms with Crippen molar-refractivity contribution < 1.29 is 9.53 Å². The molecule has 150 valence electrons. The van der Waals surface area contributed by atoms with Crippen molar-refractivity contribution in [2.24, 2.45) is 10.9 Å². The van der Waals surface area contributed by atoms with Gasteiger partial charge in [0.25, 0.3) is 5.91 Å². The van der Waals surface area contributed by atoms with Crippen LogP contribution in [0.25, 0.3) is 0 Å². The SMILES string of the molecule is CCNC(=NCCCNC(=O)c1ccccc1)N(C)CCC1CCOCC1. The highest BCUT2D eigenvalue weighted by Crippen LogP contribution is 2.18. The van der Waals surface area contributed by atoms with E-state index in [-0.39, 0.29) is 5.91 Å². The lowest BCUT2D eigenvalue weighted by atomic mass is 9.96. The molecule has 1 aromatic carbocycles. The number of aliphatic imine (C=N–C) groups is 1. The molecule has 1 heterocycles. The van der Waals surface area contributed by atoms with Crippen molar-refractivity contribution in [3.8, 4) is 0 Å². The third kappa shape index (κ3) is 7.99. The lowest BCUT2D eigenvalue weighted by Crippen LogP contribution is -2.40. The molecule has 6 heteroatoms. The summed E-state index contributed by atoms with van der Waals surface area (Å²) in [5.41, 5.74) is 0.696. The molecule has 2 rings (SSSR count). The molecule has 1 aliphatic rings. The lowest BCUT2D eigenvalue weighted by molar-refractivity contribution is 0.0625. The van der Waals surface area contributed by atoms with Gasteiger partial charge in [-0.05, 0) is 50.7 Å². The topological polar surface area (TPSA) is 66.0 Å². The zero-order valence-corrected chi connectivity index (χ0v) is 16.7. The molecule has 0 saturated carbocycles. The number of nitrogens with one attached hydrogen (secondary N) is 2. The summed E-state index contributed by atoms with van der Waals surface area (Å²) in [7, 11) is 2.10. The highest BCUT2D eigenvalue weighted by molar-refractivity contribution is 5.94. The van der Waals surface area contributed by atoms with Gasteiger partial charge in [-0.15, -0.1) is 0 Å². The Morgan fingerprint density at radius 2 is 1.96 bits per heavy atom. The standard InChI is InChI=1S/C21H34N4O2/c1-3-22-21(25(2)15-10-18-11-16-27-17-12-18)24-14-7-13-23-20(26)19-8-5-4-6-9-19/h4-6,8-9,18H,3,7,10-17H2,1-2H3,(H,22,24)(H,23,26). The van der Waals surface area contributed by atoms with E-state index >= 15 is 0 Å². The van der Waals surface area contributed by atoms with Crippen molar-refractivity contribution >= 4 is 11.9 Å². The molecule has 0 aliphatic carbocycles. The number of ether oxygens (including phenoxy) is 1. The Hall–Kier alpha value is -2.08. The van der Waals surface area contributed by atoms with Gasteiger partial charge in [-0.3, -0.25) is 9.79 Å².